The fourth-order valence-electron chi connectivity index (χ4n) is 10.3. The summed E-state index contributed by atoms with van der Waals surface area (Å²) >= 11 is 0. The molecule has 4 unspecified atom stereocenters. The summed E-state index contributed by atoms with van der Waals surface area (Å²) in [4.78, 5) is 36.8. The number of aliphatic hydroxyl groups excluding tert-OH is 1. The Bertz CT molecular complexity index is 1120. The molecule has 5 fully saturated rings. The molecule has 0 amide bonds. The molecule has 0 radical (unpaired) electrons. The van der Waals surface area contributed by atoms with Gasteiger partial charge in [0.2, 0.25) is 0 Å². The minimum absolute atomic E-state index is 0.0265. The molecule has 42 heavy (non-hydrogen) atoms. The van der Waals surface area contributed by atoms with E-state index in [0.717, 1.165) is 37.7 Å². The Morgan fingerprint density at radius 3 is 2.55 bits per heavy atom. The van der Waals surface area contributed by atoms with Gasteiger partial charge in [-0.05, 0) is 94.0 Å². The normalized spacial score (nSPS) is 50.1. The highest BCUT2D eigenvalue weighted by molar-refractivity contribution is 5.85. The molecular weight excluding hydrogens is 544 g/mol. The standard InChI is InChI=1S/C32H46O10/c1-17-26(36)27(38-4)28(41-18(2)34)29(40-17)42-21-7-11-31(16-33)20(14-21)5-6-24-23(31)8-10-30(3)22(9-12-32(24,30)37)19-13-25(35)39-15-19/h13,16-17,20-24,26-29,36-37H,5-12,14-15H2,1-4H3/t17-,20+,21-,22?,23?,24?,26-,27+,28-,29-,30+,31+,32?/m0/s1. The van der Waals surface area contributed by atoms with Crippen molar-refractivity contribution in [2.45, 2.75) is 121 Å². The fraction of sp³-hybridized carbons (Fsp3) is 0.844. The van der Waals surface area contributed by atoms with Crippen molar-refractivity contribution in [2.24, 2.45) is 34.5 Å². The summed E-state index contributed by atoms with van der Waals surface area (Å²) < 4.78 is 28.7. The first kappa shape index (κ1) is 30.2. The van der Waals surface area contributed by atoms with Crippen LogP contribution in [0.2, 0.25) is 0 Å². The van der Waals surface area contributed by atoms with Gasteiger partial charge in [-0.2, -0.15) is 0 Å². The lowest BCUT2D eigenvalue weighted by molar-refractivity contribution is -0.315. The van der Waals surface area contributed by atoms with Crippen LogP contribution in [-0.4, -0.2) is 84.6 Å². The molecule has 0 aromatic rings. The average molecular weight is 591 g/mol. The number of esters is 2. The summed E-state index contributed by atoms with van der Waals surface area (Å²) in [6, 6.07) is 0. The van der Waals surface area contributed by atoms with E-state index in [0.29, 0.717) is 32.3 Å². The molecule has 10 heteroatoms. The number of methoxy groups -OCH3 is 1. The van der Waals surface area contributed by atoms with Crippen molar-refractivity contribution in [1.29, 1.82) is 0 Å². The molecule has 0 bridgehead atoms. The minimum Gasteiger partial charge on any atom is -0.458 e. The molecule has 0 aromatic carbocycles. The van der Waals surface area contributed by atoms with Gasteiger partial charge < -0.3 is 38.7 Å². The van der Waals surface area contributed by atoms with Crippen LogP contribution in [0.3, 0.4) is 0 Å². The SMILES string of the molecule is CO[C@@H]1[C@@H](O)[C@H](C)O[C@@H](O[C@H]2CC[C@]3(C=O)C4CC[C@]5(C)C(C6=CC(=O)OC6)CCC5(O)C4CC[C@@H]3C2)[C@H]1OC(C)=O. The van der Waals surface area contributed by atoms with E-state index in [1.54, 1.807) is 13.0 Å². The first-order valence-electron chi connectivity index (χ1n) is 15.7. The molecule has 2 heterocycles. The Morgan fingerprint density at radius 1 is 1.10 bits per heavy atom. The van der Waals surface area contributed by atoms with Crippen LogP contribution in [0.5, 0.6) is 0 Å². The van der Waals surface area contributed by atoms with Crippen LogP contribution >= 0.6 is 0 Å². The molecule has 6 rings (SSSR count). The minimum atomic E-state index is -0.973. The first-order valence-corrected chi connectivity index (χ1v) is 15.7. The van der Waals surface area contributed by atoms with Gasteiger partial charge in [0.15, 0.2) is 12.4 Å². The number of fused-ring (bicyclic) bond motifs is 5. The summed E-state index contributed by atoms with van der Waals surface area (Å²) in [5.41, 5.74) is -0.761. The van der Waals surface area contributed by atoms with Crippen LogP contribution in [0.25, 0.3) is 0 Å². The summed E-state index contributed by atoms with van der Waals surface area (Å²) in [6.45, 7) is 5.54. The number of cyclic esters (lactones) is 1. The maximum Gasteiger partial charge on any atom is 0.331 e. The monoisotopic (exact) mass is 590 g/mol. The third kappa shape index (κ3) is 4.50. The zero-order chi connectivity index (χ0) is 30.0. The van der Waals surface area contributed by atoms with E-state index in [-0.39, 0.29) is 41.2 Å². The van der Waals surface area contributed by atoms with E-state index < -0.39 is 47.7 Å². The van der Waals surface area contributed by atoms with E-state index in [2.05, 4.69) is 6.92 Å². The highest BCUT2D eigenvalue weighted by Crippen LogP contribution is 2.69. The van der Waals surface area contributed by atoms with Gasteiger partial charge in [0.1, 0.15) is 25.1 Å². The fourth-order valence-corrected chi connectivity index (χ4v) is 10.3. The predicted molar refractivity (Wildman–Crippen MR) is 148 cm³/mol. The van der Waals surface area contributed by atoms with Crippen LogP contribution in [0.15, 0.2) is 11.6 Å². The maximum atomic E-state index is 13.1. The van der Waals surface area contributed by atoms with Crippen LogP contribution in [0.4, 0.5) is 0 Å². The zero-order valence-electron chi connectivity index (χ0n) is 25.2. The number of hydrogen-bond acceptors (Lipinski definition) is 10. The van der Waals surface area contributed by atoms with Crippen LogP contribution in [-0.2, 0) is 38.1 Å². The molecule has 13 atom stereocenters. The molecule has 10 nitrogen and oxygen atoms in total. The molecule has 234 valence electrons. The van der Waals surface area contributed by atoms with Gasteiger partial charge >= 0.3 is 11.9 Å². The lowest BCUT2D eigenvalue weighted by Crippen LogP contribution is -2.64. The molecule has 0 aromatic heterocycles. The predicted octanol–water partition coefficient (Wildman–Crippen LogP) is 2.86. The topological polar surface area (TPSA) is 138 Å². The quantitative estimate of drug-likeness (QED) is 0.270. The number of hydrogen-bond donors (Lipinski definition) is 2. The lowest BCUT2D eigenvalue weighted by atomic mass is 9.43. The summed E-state index contributed by atoms with van der Waals surface area (Å²) in [5, 5.41) is 23.0. The van der Waals surface area contributed by atoms with Crippen LogP contribution < -0.4 is 0 Å². The van der Waals surface area contributed by atoms with E-state index in [1.165, 1.54) is 20.3 Å². The number of ether oxygens (including phenoxy) is 5. The van der Waals surface area contributed by atoms with Crippen molar-refractivity contribution in [3.05, 3.63) is 11.6 Å². The molecule has 4 aliphatic carbocycles. The second-order valence-corrected chi connectivity index (χ2v) is 14.0. The molecule has 6 aliphatic rings. The average Bonchev–Trinajstić information content (AvgIpc) is 3.50. The lowest BCUT2D eigenvalue weighted by Gasteiger charge is -2.63. The van der Waals surface area contributed by atoms with Crippen molar-refractivity contribution in [2.75, 3.05) is 13.7 Å². The van der Waals surface area contributed by atoms with E-state index in [9.17, 15) is 24.6 Å². The van der Waals surface area contributed by atoms with Crippen molar-refractivity contribution >= 4 is 18.2 Å². The number of carbonyl (C=O) groups is 3. The maximum absolute atomic E-state index is 13.1. The van der Waals surface area contributed by atoms with Crippen molar-refractivity contribution in [1.82, 2.24) is 0 Å². The Hall–Kier alpha value is -1.85. The van der Waals surface area contributed by atoms with Gasteiger partial charge in [0.05, 0.1) is 17.8 Å². The Morgan fingerprint density at radius 2 is 1.88 bits per heavy atom. The second-order valence-electron chi connectivity index (χ2n) is 14.0. The molecule has 4 saturated carbocycles. The van der Waals surface area contributed by atoms with E-state index in [4.69, 9.17) is 23.7 Å². The molecule has 1 saturated heterocycles. The third-order valence-corrected chi connectivity index (χ3v) is 12.4. The number of rotatable bonds is 6. The van der Waals surface area contributed by atoms with E-state index in [1.807, 2.05) is 0 Å². The number of aldehydes is 1. The van der Waals surface area contributed by atoms with Gasteiger partial charge in [-0.25, -0.2) is 4.79 Å². The number of carbonyl (C=O) groups excluding carboxylic acids is 3. The highest BCUT2D eigenvalue weighted by atomic mass is 16.7. The third-order valence-electron chi connectivity index (χ3n) is 12.4. The molecule has 0 spiro atoms. The smallest absolute Gasteiger partial charge is 0.331 e. The Balaban J connectivity index is 1.19. The highest BCUT2D eigenvalue weighted by Gasteiger charge is 2.68. The van der Waals surface area contributed by atoms with Gasteiger partial charge in [0.25, 0.3) is 0 Å². The molecular formula is C32H46O10. The van der Waals surface area contributed by atoms with Crippen molar-refractivity contribution in [3.63, 3.8) is 0 Å². The van der Waals surface area contributed by atoms with Gasteiger partial charge in [-0.3, -0.25) is 4.79 Å². The largest absolute Gasteiger partial charge is 0.458 e. The number of aliphatic hydroxyl groups is 2. The Labute approximate surface area is 247 Å². The van der Waals surface area contributed by atoms with Gasteiger partial charge in [-0.15, -0.1) is 0 Å². The zero-order valence-corrected chi connectivity index (χ0v) is 25.2. The second kappa shape index (κ2) is 10.9. The molecule has 2 aliphatic heterocycles. The van der Waals surface area contributed by atoms with Gasteiger partial charge in [0, 0.05) is 30.9 Å². The van der Waals surface area contributed by atoms with Crippen LogP contribution in [0, 0.1) is 34.5 Å². The van der Waals surface area contributed by atoms with E-state index >= 15 is 0 Å². The summed E-state index contributed by atoms with van der Waals surface area (Å²) in [6.07, 6.45) is 5.29. The van der Waals surface area contributed by atoms with Crippen molar-refractivity contribution in [3.8, 4) is 0 Å². The Kier molecular flexibility index (Phi) is 7.87. The summed E-state index contributed by atoms with van der Waals surface area (Å²) in [5.74, 6) is -0.462. The van der Waals surface area contributed by atoms with Crippen molar-refractivity contribution < 1.29 is 48.3 Å². The molecule has 2 N–H and O–H groups in total. The van der Waals surface area contributed by atoms with Gasteiger partial charge in [-0.1, -0.05) is 6.92 Å². The van der Waals surface area contributed by atoms with Crippen LogP contribution in [0.1, 0.15) is 78.6 Å². The first-order chi connectivity index (χ1) is 20.0. The summed E-state index contributed by atoms with van der Waals surface area (Å²) in [7, 11) is 1.46.